The van der Waals surface area contributed by atoms with Gasteiger partial charge in [0.1, 0.15) is 5.75 Å². The maximum Gasteiger partial charge on any atom is 0.162 e. The highest BCUT2D eigenvalue weighted by Gasteiger charge is 2.18. The molecule has 0 fully saturated rings. The van der Waals surface area contributed by atoms with Crippen LogP contribution in [0.2, 0.25) is 0 Å². The monoisotopic (exact) mass is 322 g/mol. The Hall–Kier alpha value is -2.75. The molecule has 0 N–H and O–H groups in total. The number of fused-ring (bicyclic) bond motifs is 1. The minimum absolute atomic E-state index is 0.0643. The summed E-state index contributed by atoms with van der Waals surface area (Å²) < 4.78 is 7.46. The number of Topliss-reactive ketones (excluding diaryl/α,β-unsaturated/α-hetero) is 1. The Morgan fingerprint density at radius 2 is 1.75 bits per heavy atom. The van der Waals surface area contributed by atoms with E-state index in [0.29, 0.717) is 0 Å². The number of hydrogen-bond acceptors (Lipinski definition) is 3. The normalized spacial score (nSPS) is 10.9. The molecule has 1 heterocycles. The molecule has 0 aliphatic carbocycles. The van der Waals surface area contributed by atoms with E-state index in [0.717, 1.165) is 39.3 Å². The van der Waals surface area contributed by atoms with Crippen LogP contribution >= 0.6 is 0 Å². The number of anilines is 1. The van der Waals surface area contributed by atoms with E-state index in [1.54, 1.807) is 14.0 Å². The fraction of sp³-hybridized carbons (Fsp3) is 0.250. The molecule has 0 radical (unpaired) electrons. The predicted octanol–water partition coefficient (Wildman–Crippen LogP) is 4.22. The molecule has 2 aromatic carbocycles. The molecule has 0 spiro atoms. The smallest absolute Gasteiger partial charge is 0.162 e. The van der Waals surface area contributed by atoms with Crippen LogP contribution in [0.3, 0.4) is 0 Å². The molecule has 1 aromatic heterocycles. The Labute approximate surface area is 142 Å². The van der Waals surface area contributed by atoms with Crippen LogP contribution in [0.4, 0.5) is 5.69 Å². The van der Waals surface area contributed by atoms with Crippen molar-refractivity contribution in [3.8, 4) is 11.4 Å². The van der Waals surface area contributed by atoms with Gasteiger partial charge in [-0.1, -0.05) is 0 Å². The van der Waals surface area contributed by atoms with Gasteiger partial charge < -0.3 is 14.2 Å². The van der Waals surface area contributed by atoms with Gasteiger partial charge in [0.2, 0.25) is 0 Å². The first-order chi connectivity index (χ1) is 11.4. The molecular weight excluding hydrogens is 300 g/mol. The van der Waals surface area contributed by atoms with Crippen molar-refractivity contribution in [1.82, 2.24) is 4.57 Å². The Morgan fingerprint density at radius 1 is 1.08 bits per heavy atom. The van der Waals surface area contributed by atoms with Gasteiger partial charge in [-0.3, -0.25) is 4.79 Å². The zero-order chi connectivity index (χ0) is 17.4. The van der Waals surface area contributed by atoms with Crippen LogP contribution in [0.5, 0.6) is 5.75 Å². The van der Waals surface area contributed by atoms with Crippen molar-refractivity contribution < 1.29 is 9.53 Å². The summed E-state index contributed by atoms with van der Waals surface area (Å²) in [4.78, 5) is 14.3. The molecule has 0 aliphatic heterocycles. The highest BCUT2D eigenvalue weighted by molar-refractivity contribution is 6.09. The van der Waals surface area contributed by atoms with E-state index >= 15 is 0 Å². The molecular formula is C20H22N2O2. The molecule has 3 aromatic rings. The van der Waals surface area contributed by atoms with Crippen molar-refractivity contribution in [3.63, 3.8) is 0 Å². The SMILES string of the molecule is COc1ccc2c(c1)c(C(C)=O)c(C)n2-c1ccc(N(C)C)cc1. The van der Waals surface area contributed by atoms with E-state index < -0.39 is 0 Å². The Bertz CT molecular complexity index is 906. The van der Waals surface area contributed by atoms with Gasteiger partial charge in [-0.25, -0.2) is 0 Å². The van der Waals surface area contributed by atoms with Crippen molar-refractivity contribution >= 4 is 22.4 Å². The van der Waals surface area contributed by atoms with E-state index in [4.69, 9.17) is 4.74 Å². The lowest BCUT2D eigenvalue weighted by Crippen LogP contribution is -2.08. The third-order valence-corrected chi connectivity index (χ3v) is 4.39. The Balaban J connectivity index is 2.27. The van der Waals surface area contributed by atoms with Crippen LogP contribution in [0.25, 0.3) is 16.6 Å². The summed E-state index contributed by atoms with van der Waals surface area (Å²) in [6.45, 7) is 3.60. The molecule has 0 amide bonds. The van der Waals surface area contributed by atoms with Crippen LogP contribution in [-0.4, -0.2) is 31.6 Å². The molecule has 0 saturated carbocycles. The van der Waals surface area contributed by atoms with Crippen LogP contribution in [0.1, 0.15) is 23.0 Å². The number of ether oxygens (including phenoxy) is 1. The second-order valence-electron chi connectivity index (χ2n) is 6.15. The van der Waals surface area contributed by atoms with Gasteiger partial charge in [0.15, 0.2) is 5.78 Å². The fourth-order valence-electron chi connectivity index (χ4n) is 3.20. The van der Waals surface area contributed by atoms with Crippen molar-refractivity contribution in [2.75, 3.05) is 26.1 Å². The lowest BCUT2D eigenvalue weighted by atomic mass is 10.1. The van der Waals surface area contributed by atoms with Gasteiger partial charge in [0, 0.05) is 42.1 Å². The largest absolute Gasteiger partial charge is 0.497 e. The van der Waals surface area contributed by atoms with E-state index in [-0.39, 0.29) is 5.78 Å². The molecule has 24 heavy (non-hydrogen) atoms. The van der Waals surface area contributed by atoms with Gasteiger partial charge in [-0.15, -0.1) is 0 Å². The average molecular weight is 322 g/mol. The minimum atomic E-state index is 0.0643. The van der Waals surface area contributed by atoms with Crippen LogP contribution in [0.15, 0.2) is 42.5 Å². The molecule has 124 valence electrons. The van der Waals surface area contributed by atoms with Crippen LogP contribution in [0, 0.1) is 6.92 Å². The van der Waals surface area contributed by atoms with Crippen molar-refractivity contribution in [2.24, 2.45) is 0 Å². The van der Waals surface area contributed by atoms with Gasteiger partial charge in [0.25, 0.3) is 0 Å². The summed E-state index contributed by atoms with van der Waals surface area (Å²) in [5, 5.41) is 0.927. The van der Waals surface area contributed by atoms with Gasteiger partial charge in [-0.2, -0.15) is 0 Å². The second-order valence-corrected chi connectivity index (χ2v) is 6.15. The minimum Gasteiger partial charge on any atom is -0.497 e. The predicted molar refractivity (Wildman–Crippen MR) is 98.9 cm³/mol. The second kappa shape index (κ2) is 6.04. The molecule has 0 unspecified atom stereocenters. The number of benzene rings is 2. The number of carbonyl (C=O) groups is 1. The van der Waals surface area contributed by atoms with Crippen LogP contribution < -0.4 is 9.64 Å². The molecule has 0 saturated heterocycles. The zero-order valence-electron chi connectivity index (χ0n) is 14.8. The first-order valence-corrected chi connectivity index (χ1v) is 7.91. The summed E-state index contributed by atoms with van der Waals surface area (Å²) in [6.07, 6.45) is 0. The summed E-state index contributed by atoms with van der Waals surface area (Å²) in [5.41, 5.74) is 4.89. The number of methoxy groups -OCH3 is 1. The van der Waals surface area contributed by atoms with Gasteiger partial charge >= 0.3 is 0 Å². The zero-order valence-corrected chi connectivity index (χ0v) is 14.8. The summed E-state index contributed by atoms with van der Waals surface area (Å²) in [5.74, 6) is 0.819. The van der Waals surface area contributed by atoms with Crippen molar-refractivity contribution in [3.05, 3.63) is 53.7 Å². The first-order valence-electron chi connectivity index (χ1n) is 7.91. The number of hydrogen-bond donors (Lipinski definition) is 0. The standard InChI is InChI=1S/C20H22N2O2/c1-13-20(14(2)23)18-12-17(24-5)10-11-19(18)22(13)16-8-6-15(7-9-16)21(3)4/h6-12H,1-5H3. The molecule has 3 rings (SSSR count). The summed E-state index contributed by atoms with van der Waals surface area (Å²) >= 11 is 0. The van der Waals surface area contributed by atoms with Gasteiger partial charge in [-0.05, 0) is 56.3 Å². The third kappa shape index (κ3) is 2.54. The van der Waals surface area contributed by atoms with E-state index in [9.17, 15) is 4.79 Å². The maximum absolute atomic E-state index is 12.2. The molecule has 0 atom stereocenters. The highest BCUT2D eigenvalue weighted by atomic mass is 16.5. The van der Waals surface area contributed by atoms with E-state index in [1.165, 1.54) is 0 Å². The lowest BCUT2D eigenvalue weighted by molar-refractivity contribution is 0.101. The molecule has 0 aliphatic rings. The third-order valence-electron chi connectivity index (χ3n) is 4.39. The molecule has 4 heteroatoms. The van der Waals surface area contributed by atoms with Crippen molar-refractivity contribution in [2.45, 2.75) is 13.8 Å². The quantitative estimate of drug-likeness (QED) is 0.675. The van der Waals surface area contributed by atoms with E-state index in [1.807, 2.05) is 39.2 Å². The summed E-state index contributed by atoms with van der Waals surface area (Å²) in [7, 11) is 5.68. The number of aromatic nitrogens is 1. The number of ketones is 1. The molecule has 4 nitrogen and oxygen atoms in total. The summed E-state index contributed by atoms with van der Waals surface area (Å²) in [6, 6.07) is 14.2. The number of rotatable bonds is 4. The first kappa shape index (κ1) is 16.1. The Kier molecular flexibility index (Phi) is 4.06. The van der Waals surface area contributed by atoms with Gasteiger partial charge in [0.05, 0.1) is 12.6 Å². The number of nitrogens with zero attached hydrogens (tertiary/aromatic N) is 2. The highest BCUT2D eigenvalue weighted by Crippen LogP contribution is 2.32. The average Bonchev–Trinajstić information content (AvgIpc) is 2.85. The maximum atomic E-state index is 12.2. The van der Waals surface area contributed by atoms with Crippen molar-refractivity contribution in [1.29, 1.82) is 0 Å². The van der Waals surface area contributed by atoms with E-state index in [2.05, 4.69) is 33.7 Å². The number of carbonyl (C=O) groups excluding carboxylic acids is 1. The lowest BCUT2D eigenvalue weighted by Gasteiger charge is -2.14. The topological polar surface area (TPSA) is 34.5 Å². The Morgan fingerprint density at radius 3 is 2.29 bits per heavy atom. The fourth-order valence-corrected chi connectivity index (χ4v) is 3.20. The van der Waals surface area contributed by atoms with Crippen LogP contribution in [-0.2, 0) is 0 Å². The molecule has 0 bridgehead atoms.